The molecule has 32 heavy (non-hydrogen) atoms. The summed E-state index contributed by atoms with van der Waals surface area (Å²) in [6, 6.07) is 27.2. The molecule has 6 heteroatoms. The van der Waals surface area contributed by atoms with Gasteiger partial charge in [0.2, 0.25) is 6.79 Å². The molecule has 0 radical (unpaired) electrons. The molecule has 3 heterocycles. The maximum atomic E-state index is 5.48. The van der Waals surface area contributed by atoms with Gasteiger partial charge in [0, 0.05) is 11.4 Å². The van der Waals surface area contributed by atoms with Crippen molar-refractivity contribution in [2.75, 3.05) is 12.1 Å². The summed E-state index contributed by atoms with van der Waals surface area (Å²) in [6.07, 6.45) is 1.61. The van der Waals surface area contributed by atoms with Gasteiger partial charge in [-0.2, -0.15) is 0 Å². The fourth-order valence-electron chi connectivity index (χ4n) is 3.82. The van der Waals surface area contributed by atoms with Crippen LogP contribution in [0.5, 0.6) is 11.5 Å². The molecule has 3 aromatic carbocycles. The van der Waals surface area contributed by atoms with Crippen LogP contribution in [0.25, 0.3) is 31.8 Å². The minimum Gasteiger partial charge on any atom is -0.454 e. The van der Waals surface area contributed by atoms with Crippen LogP contribution in [0.15, 0.2) is 85.2 Å². The molecular formula is C26H19N3O2S. The topological polar surface area (TPSA) is 56.3 Å². The average molecular weight is 438 g/mol. The van der Waals surface area contributed by atoms with Crippen LogP contribution in [-0.4, -0.2) is 16.8 Å². The lowest BCUT2D eigenvalue weighted by Gasteiger charge is -2.07. The molecule has 5 nitrogen and oxygen atoms in total. The summed E-state index contributed by atoms with van der Waals surface area (Å²) in [4.78, 5) is 10.1. The standard InChI is InChI=1S/C26H19N3O2S/c1-2-4-18(5-3-1)19-7-9-20(10-8-19)24-13-21-25(32-24)26(29-15-28-21)27-14-17-6-11-22-23(12-17)31-16-30-22/h1-13,15H,14,16H2,(H,27,28,29). The molecule has 156 valence electrons. The number of aromatic nitrogens is 2. The van der Waals surface area contributed by atoms with Crippen molar-refractivity contribution in [1.29, 1.82) is 0 Å². The van der Waals surface area contributed by atoms with E-state index in [-0.39, 0.29) is 6.79 Å². The van der Waals surface area contributed by atoms with Gasteiger partial charge < -0.3 is 14.8 Å². The Labute approximate surface area is 189 Å². The van der Waals surface area contributed by atoms with Crippen molar-refractivity contribution in [3.05, 3.63) is 90.8 Å². The van der Waals surface area contributed by atoms with E-state index in [2.05, 4.69) is 69.9 Å². The van der Waals surface area contributed by atoms with Gasteiger partial charge in [-0.3, -0.25) is 0 Å². The largest absolute Gasteiger partial charge is 0.454 e. The van der Waals surface area contributed by atoms with Crippen molar-refractivity contribution in [3.8, 4) is 33.1 Å². The summed E-state index contributed by atoms with van der Waals surface area (Å²) in [5.41, 5.74) is 5.65. The lowest BCUT2D eigenvalue weighted by molar-refractivity contribution is 0.174. The quantitative estimate of drug-likeness (QED) is 0.346. The van der Waals surface area contributed by atoms with Crippen LogP contribution in [0.2, 0.25) is 0 Å². The highest BCUT2D eigenvalue weighted by molar-refractivity contribution is 7.22. The number of rotatable bonds is 5. The zero-order valence-electron chi connectivity index (χ0n) is 17.1. The molecule has 0 bridgehead atoms. The van der Waals surface area contributed by atoms with E-state index in [1.165, 1.54) is 21.6 Å². The smallest absolute Gasteiger partial charge is 0.231 e. The summed E-state index contributed by atoms with van der Waals surface area (Å²) >= 11 is 1.70. The second kappa shape index (κ2) is 7.98. The molecule has 0 atom stereocenters. The van der Waals surface area contributed by atoms with E-state index in [1.807, 2.05) is 24.3 Å². The summed E-state index contributed by atoms with van der Waals surface area (Å²) in [6.45, 7) is 0.921. The SMILES string of the molecule is c1ccc(-c2ccc(-c3cc4ncnc(NCc5ccc6c(c5)OCO6)c4s3)cc2)cc1. The van der Waals surface area contributed by atoms with E-state index in [1.54, 1.807) is 17.7 Å². The molecule has 0 saturated heterocycles. The molecule has 5 aromatic rings. The Hall–Kier alpha value is -3.90. The predicted molar refractivity (Wildman–Crippen MR) is 128 cm³/mol. The van der Waals surface area contributed by atoms with Gasteiger partial charge in [-0.15, -0.1) is 11.3 Å². The van der Waals surface area contributed by atoms with Crippen LogP contribution in [-0.2, 0) is 6.54 Å². The minimum atomic E-state index is 0.281. The molecular weight excluding hydrogens is 418 g/mol. The Morgan fingerprint density at radius 3 is 2.44 bits per heavy atom. The zero-order chi connectivity index (χ0) is 21.3. The number of thiophene rings is 1. The number of nitrogens with one attached hydrogen (secondary N) is 1. The maximum absolute atomic E-state index is 5.48. The number of fused-ring (bicyclic) bond motifs is 2. The van der Waals surface area contributed by atoms with Crippen molar-refractivity contribution < 1.29 is 9.47 Å². The summed E-state index contributed by atoms with van der Waals surface area (Å²) in [5, 5.41) is 3.45. The summed E-state index contributed by atoms with van der Waals surface area (Å²) < 4.78 is 11.9. The first-order chi connectivity index (χ1) is 15.8. The van der Waals surface area contributed by atoms with Crippen LogP contribution in [0, 0.1) is 0 Å². The third-order valence-electron chi connectivity index (χ3n) is 5.48. The van der Waals surface area contributed by atoms with Crippen LogP contribution in [0.3, 0.4) is 0 Å². The Kier molecular flexibility index (Phi) is 4.70. The highest BCUT2D eigenvalue weighted by atomic mass is 32.1. The molecule has 6 rings (SSSR count). The molecule has 0 saturated carbocycles. The van der Waals surface area contributed by atoms with E-state index < -0.39 is 0 Å². The monoisotopic (exact) mass is 437 g/mol. The second-order valence-electron chi connectivity index (χ2n) is 7.53. The van der Waals surface area contributed by atoms with Crippen LogP contribution in [0.4, 0.5) is 5.82 Å². The van der Waals surface area contributed by atoms with Crippen molar-refractivity contribution in [2.45, 2.75) is 6.54 Å². The Balaban J connectivity index is 1.25. The first kappa shape index (κ1) is 18.8. The maximum Gasteiger partial charge on any atom is 0.231 e. The predicted octanol–water partition coefficient (Wildman–Crippen LogP) is 6.37. The fraction of sp³-hybridized carbons (Fsp3) is 0.0769. The van der Waals surface area contributed by atoms with Crippen molar-refractivity contribution in [3.63, 3.8) is 0 Å². The number of hydrogen-bond donors (Lipinski definition) is 1. The first-order valence-corrected chi connectivity index (χ1v) is 11.2. The lowest BCUT2D eigenvalue weighted by atomic mass is 10.0. The molecule has 0 spiro atoms. The number of anilines is 1. The molecule has 0 fully saturated rings. The molecule has 1 aliphatic heterocycles. The normalized spacial score (nSPS) is 12.2. The van der Waals surface area contributed by atoms with Gasteiger partial charge in [0.25, 0.3) is 0 Å². The number of hydrogen-bond acceptors (Lipinski definition) is 6. The van der Waals surface area contributed by atoms with Gasteiger partial charge >= 0.3 is 0 Å². The van der Waals surface area contributed by atoms with Gasteiger partial charge in [-0.25, -0.2) is 9.97 Å². The Morgan fingerprint density at radius 1 is 0.781 bits per heavy atom. The highest BCUT2D eigenvalue weighted by Crippen LogP contribution is 2.37. The highest BCUT2D eigenvalue weighted by Gasteiger charge is 2.14. The fourth-order valence-corrected chi connectivity index (χ4v) is 4.90. The van der Waals surface area contributed by atoms with Gasteiger partial charge in [-0.05, 0) is 40.5 Å². The van der Waals surface area contributed by atoms with Gasteiger partial charge in [0.05, 0.1) is 10.2 Å². The Morgan fingerprint density at radius 2 is 1.56 bits per heavy atom. The van der Waals surface area contributed by atoms with Crippen molar-refractivity contribution >= 4 is 27.4 Å². The number of ether oxygens (including phenoxy) is 2. The second-order valence-corrected chi connectivity index (χ2v) is 8.58. The molecule has 2 aromatic heterocycles. The van der Waals surface area contributed by atoms with Gasteiger partial charge in [0.15, 0.2) is 11.5 Å². The third kappa shape index (κ3) is 3.55. The Bertz CT molecular complexity index is 1400. The van der Waals surface area contributed by atoms with Crippen LogP contribution >= 0.6 is 11.3 Å². The van der Waals surface area contributed by atoms with Crippen LogP contribution in [0.1, 0.15) is 5.56 Å². The van der Waals surface area contributed by atoms with Gasteiger partial charge in [-0.1, -0.05) is 60.7 Å². The lowest BCUT2D eigenvalue weighted by Crippen LogP contribution is -2.01. The van der Waals surface area contributed by atoms with E-state index in [0.29, 0.717) is 6.54 Å². The number of nitrogens with zero attached hydrogens (tertiary/aromatic N) is 2. The van der Waals surface area contributed by atoms with Crippen LogP contribution < -0.4 is 14.8 Å². The minimum absolute atomic E-state index is 0.281. The average Bonchev–Trinajstić information content (AvgIpc) is 3.50. The van der Waals surface area contributed by atoms with Gasteiger partial charge in [0.1, 0.15) is 12.1 Å². The molecule has 1 aliphatic rings. The molecule has 1 N–H and O–H groups in total. The molecule has 0 aliphatic carbocycles. The van der Waals surface area contributed by atoms with Crippen molar-refractivity contribution in [1.82, 2.24) is 9.97 Å². The molecule has 0 unspecified atom stereocenters. The first-order valence-electron chi connectivity index (χ1n) is 10.4. The summed E-state index contributed by atoms with van der Waals surface area (Å²) in [7, 11) is 0. The van der Waals surface area contributed by atoms with E-state index in [0.717, 1.165) is 33.1 Å². The van der Waals surface area contributed by atoms with E-state index in [9.17, 15) is 0 Å². The van der Waals surface area contributed by atoms with Crippen molar-refractivity contribution in [2.24, 2.45) is 0 Å². The number of benzene rings is 3. The third-order valence-corrected chi connectivity index (χ3v) is 6.66. The van der Waals surface area contributed by atoms with E-state index >= 15 is 0 Å². The van der Waals surface area contributed by atoms with E-state index in [4.69, 9.17) is 9.47 Å². The molecule has 0 amide bonds. The summed E-state index contributed by atoms with van der Waals surface area (Å²) in [5.74, 6) is 2.42. The zero-order valence-corrected chi connectivity index (χ0v) is 17.9.